The molecule has 0 radical (unpaired) electrons. The number of ether oxygens (including phenoxy) is 1. The molecule has 2 aromatic heterocycles. The third kappa shape index (κ3) is 4.54. The molecule has 166 valence electrons. The average Bonchev–Trinajstić information content (AvgIpc) is 3.27. The molecule has 2 aliphatic rings. The number of hydrogen-bond acceptors (Lipinski definition) is 11. The fourth-order valence-electron chi connectivity index (χ4n) is 3.75. The number of hydrogen-bond donors (Lipinski definition) is 5. The van der Waals surface area contributed by atoms with Crippen LogP contribution < -0.4 is 15.8 Å². The Morgan fingerprint density at radius 3 is 2.77 bits per heavy atom. The van der Waals surface area contributed by atoms with E-state index in [-0.39, 0.29) is 0 Å². The number of aliphatic hydroxyl groups excluding tert-OH is 2. The summed E-state index contributed by atoms with van der Waals surface area (Å²) in [5.74, 6) is 1.10. The molecule has 0 bridgehead atoms. The van der Waals surface area contributed by atoms with Gasteiger partial charge in [0.05, 0.1) is 12.9 Å². The number of nitrogens with one attached hydrogen (secondary N) is 2. The Hall–Kier alpha value is -1.94. The first kappa shape index (κ1) is 21.3. The van der Waals surface area contributed by atoms with Gasteiger partial charge in [-0.2, -0.15) is 8.42 Å². The van der Waals surface area contributed by atoms with Crippen molar-refractivity contribution in [2.45, 2.75) is 37.4 Å². The van der Waals surface area contributed by atoms with Crippen molar-refractivity contribution in [2.24, 2.45) is 11.1 Å². The second-order valence-electron chi connectivity index (χ2n) is 7.44. The molecule has 13 nitrogen and oxygen atoms in total. The van der Waals surface area contributed by atoms with Gasteiger partial charge in [0.1, 0.15) is 24.6 Å². The number of piperidine rings is 1. The maximum atomic E-state index is 11.0. The maximum Gasteiger partial charge on any atom is 0.333 e. The van der Waals surface area contributed by atoms with Crippen molar-refractivity contribution in [1.29, 1.82) is 0 Å². The lowest BCUT2D eigenvalue weighted by atomic mass is 9.98. The number of nitrogens with zero attached hydrogens (tertiary/aromatic N) is 4. The van der Waals surface area contributed by atoms with Crippen LogP contribution in [-0.2, 0) is 19.2 Å². The van der Waals surface area contributed by atoms with Crippen LogP contribution in [0.4, 0.5) is 5.82 Å². The average molecular weight is 443 g/mol. The lowest BCUT2D eigenvalue weighted by Gasteiger charge is -2.23. The molecule has 4 rings (SSSR count). The Labute approximate surface area is 172 Å². The summed E-state index contributed by atoms with van der Waals surface area (Å²) in [5, 5.41) is 32.1. The van der Waals surface area contributed by atoms with Crippen LogP contribution >= 0.6 is 0 Å². The van der Waals surface area contributed by atoms with Gasteiger partial charge in [-0.25, -0.2) is 20.1 Å². The molecule has 0 unspecified atom stereocenters. The molecule has 6 N–H and O–H groups in total. The first-order valence-electron chi connectivity index (χ1n) is 9.64. The van der Waals surface area contributed by atoms with Crippen LogP contribution in [-0.4, -0.2) is 82.7 Å². The van der Waals surface area contributed by atoms with Gasteiger partial charge in [0.15, 0.2) is 23.2 Å². The minimum absolute atomic E-state index is 0.405. The van der Waals surface area contributed by atoms with Gasteiger partial charge >= 0.3 is 10.3 Å². The Morgan fingerprint density at radius 1 is 1.27 bits per heavy atom. The van der Waals surface area contributed by atoms with Gasteiger partial charge in [-0.3, -0.25) is 8.75 Å². The monoisotopic (exact) mass is 443 g/mol. The van der Waals surface area contributed by atoms with E-state index in [1.54, 1.807) is 0 Å². The van der Waals surface area contributed by atoms with E-state index in [0.717, 1.165) is 32.5 Å². The number of anilines is 1. The third-order valence-corrected chi connectivity index (χ3v) is 5.85. The first-order chi connectivity index (χ1) is 14.3. The number of fused-ring (bicyclic) bond motifs is 1. The Balaban J connectivity index is 1.50. The standard InChI is InChI=1S/C16H25N7O6S/c17-30(26,27)28-6-10-12(24)13(25)16(29-10)23-8-22-11-14(20-7-21-15(11)23)19-5-9-1-3-18-4-2-9/h7-10,12-13,16,18,24-25H,1-6H2,(H2,17,26,27)(H,19,20,21)/t10-,12-,13-,16-/m1/s1. The maximum absolute atomic E-state index is 11.0. The van der Waals surface area contributed by atoms with E-state index >= 15 is 0 Å². The number of aliphatic hydroxyl groups is 2. The second-order valence-corrected chi connectivity index (χ2v) is 8.67. The van der Waals surface area contributed by atoms with Gasteiger partial charge < -0.3 is 25.6 Å². The van der Waals surface area contributed by atoms with E-state index in [1.165, 1.54) is 17.2 Å². The third-order valence-electron chi connectivity index (χ3n) is 5.38. The number of nitrogens with two attached hydrogens (primary N) is 1. The minimum Gasteiger partial charge on any atom is -0.387 e. The molecular weight excluding hydrogens is 418 g/mol. The van der Waals surface area contributed by atoms with Crippen LogP contribution in [0.3, 0.4) is 0 Å². The fraction of sp³-hybridized carbons (Fsp3) is 0.688. The predicted molar refractivity (Wildman–Crippen MR) is 104 cm³/mol. The van der Waals surface area contributed by atoms with Gasteiger partial charge in [-0.1, -0.05) is 0 Å². The molecule has 0 spiro atoms. The van der Waals surface area contributed by atoms with Gasteiger partial charge in [0.2, 0.25) is 0 Å². The summed E-state index contributed by atoms with van der Waals surface area (Å²) in [4.78, 5) is 12.8. The van der Waals surface area contributed by atoms with Gasteiger partial charge in [0.25, 0.3) is 0 Å². The predicted octanol–water partition coefficient (Wildman–Crippen LogP) is -1.92. The topological polar surface area (TPSA) is 187 Å². The molecule has 4 atom stereocenters. The SMILES string of the molecule is NS(=O)(=O)OC[C@H]1O[C@@H](n2cnc3c(NCC4CCNCC4)ncnc32)[C@H](O)[C@@H]1O. The zero-order valence-corrected chi connectivity index (χ0v) is 16.9. The molecule has 14 heteroatoms. The zero-order valence-electron chi connectivity index (χ0n) is 16.1. The van der Waals surface area contributed by atoms with Crippen molar-refractivity contribution >= 4 is 27.3 Å². The molecule has 0 aromatic carbocycles. The largest absolute Gasteiger partial charge is 0.387 e. The van der Waals surface area contributed by atoms with Crippen molar-refractivity contribution in [2.75, 3.05) is 31.6 Å². The highest BCUT2D eigenvalue weighted by atomic mass is 32.2. The highest BCUT2D eigenvalue weighted by Gasteiger charge is 2.45. The Morgan fingerprint density at radius 2 is 2.03 bits per heavy atom. The van der Waals surface area contributed by atoms with Gasteiger partial charge in [-0.15, -0.1) is 0 Å². The fourth-order valence-corrected chi connectivity index (χ4v) is 4.08. The van der Waals surface area contributed by atoms with E-state index in [1.807, 2.05) is 0 Å². The summed E-state index contributed by atoms with van der Waals surface area (Å²) in [5.41, 5.74) is 0.906. The van der Waals surface area contributed by atoms with Crippen molar-refractivity contribution in [3.8, 4) is 0 Å². The van der Waals surface area contributed by atoms with Crippen LogP contribution in [0, 0.1) is 5.92 Å². The van der Waals surface area contributed by atoms with Gasteiger partial charge in [-0.05, 0) is 31.8 Å². The molecular formula is C16H25N7O6S. The molecule has 0 aliphatic carbocycles. The van der Waals surface area contributed by atoms with E-state index < -0.39 is 41.5 Å². The molecule has 30 heavy (non-hydrogen) atoms. The lowest BCUT2D eigenvalue weighted by Crippen LogP contribution is -2.35. The molecule has 0 saturated carbocycles. The number of rotatable bonds is 7. The summed E-state index contributed by atoms with van der Waals surface area (Å²) in [7, 11) is -4.20. The van der Waals surface area contributed by atoms with Crippen molar-refractivity contribution in [3.05, 3.63) is 12.7 Å². The smallest absolute Gasteiger partial charge is 0.333 e. The lowest BCUT2D eigenvalue weighted by molar-refractivity contribution is -0.0467. The highest BCUT2D eigenvalue weighted by molar-refractivity contribution is 7.84. The normalized spacial score (nSPS) is 28.2. The zero-order chi connectivity index (χ0) is 21.3. The first-order valence-corrected chi connectivity index (χ1v) is 11.1. The van der Waals surface area contributed by atoms with E-state index in [4.69, 9.17) is 9.88 Å². The van der Waals surface area contributed by atoms with Crippen LogP contribution in [0.1, 0.15) is 19.1 Å². The summed E-state index contributed by atoms with van der Waals surface area (Å²) in [6, 6.07) is 0. The molecule has 2 fully saturated rings. The Kier molecular flexibility index (Phi) is 6.15. The van der Waals surface area contributed by atoms with Crippen molar-refractivity contribution in [3.63, 3.8) is 0 Å². The van der Waals surface area contributed by atoms with Crippen molar-refractivity contribution < 1.29 is 27.6 Å². The molecule has 2 saturated heterocycles. The highest BCUT2D eigenvalue weighted by Crippen LogP contribution is 2.32. The summed E-state index contributed by atoms with van der Waals surface area (Å²) in [6.07, 6.45) is 0.107. The van der Waals surface area contributed by atoms with Gasteiger partial charge in [0, 0.05) is 6.54 Å². The molecule has 4 heterocycles. The number of aromatic nitrogens is 4. The van der Waals surface area contributed by atoms with Crippen LogP contribution in [0.5, 0.6) is 0 Å². The second kappa shape index (κ2) is 8.66. The van der Waals surface area contributed by atoms with Crippen LogP contribution in [0.2, 0.25) is 0 Å². The molecule has 2 aliphatic heterocycles. The summed E-state index contributed by atoms with van der Waals surface area (Å²) in [6.45, 7) is 2.22. The van der Waals surface area contributed by atoms with E-state index in [0.29, 0.717) is 22.9 Å². The van der Waals surface area contributed by atoms with Crippen LogP contribution in [0.25, 0.3) is 11.2 Å². The minimum atomic E-state index is -4.20. The van der Waals surface area contributed by atoms with E-state index in [9.17, 15) is 18.6 Å². The summed E-state index contributed by atoms with van der Waals surface area (Å²) < 4.78 is 33.5. The van der Waals surface area contributed by atoms with Crippen LogP contribution in [0.15, 0.2) is 12.7 Å². The molecule has 0 amide bonds. The molecule has 2 aromatic rings. The summed E-state index contributed by atoms with van der Waals surface area (Å²) >= 11 is 0. The van der Waals surface area contributed by atoms with E-state index in [2.05, 4.69) is 29.8 Å². The van der Waals surface area contributed by atoms with Crippen molar-refractivity contribution in [1.82, 2.24) is 24.8 Å². The Bertz CT molecular complexity index is 980. The number of imidazole rings is 1. The quantitative estimate of drug-likeness (QED) is 0.321.